The van der Waals surface area contributed by atoms with E-state index in [1.807, 2.05) is 0 Å². The van der Waals surface area contributed by atoms with Crippen molar-refractivity contribution >= 4 is 0 Å². The molecule has 1 aromatic rings. The van der Waals surface area contributed by atoms with Crippen molar-refractivity contribution in [1.29, 1.82) is 0 Å². The van der Waals surface area contributed by atoms with Gasteiger partial charge in [-0.3, -0.25) is 4.90 Å². The van der Waals surface area contributed by atoms with Gasteiger partial charge in [0.2, 0.25) is 0 Å². The number of hydrogen-bond acceptors (Lipinski definition) is 3. The Morgan fingerprint density at radius 1 is 1.41 bits per heavy atom. The van der Waals surface area contributed by atoms with Crippen molar-refractivity contribution in [3.63, 3.8) is 0 Å². The van der Waals surface area contributed by atoms with E-state index < -0.39 is 5.82 Å². The maximum Gasteiger partial charge on any atom is 0.165 e. The van der Waals surface area contributed by atoms with Crippen molar-refractivity contribution in [2.45, 2.75) is 26.4 Å². The molecule has 0 fully saturated rings. The fourth-order valence-corrected chi connectivity index (χ4v) is 1.61. The Bertz CT molecular complexity index is 355. The second-order valence-corrected chi connectivity index (χ2v) is 4.34. The van der Waals surface area contributed by atoms with Crippen LogP contribution < -0.4 is 0 Å². The van der Waals surface area contributed by atoms with Crippen molar-refractivity contribution in [2.75, 3.05) is 20.3 Å². The van der Waals surface area contributed by atoms with E-state index in [4.69, 9.17) is 9.84 Å². The van der Waals surface area contributed by atoms with E-state index in [2.05, 4.69) is 18.7 Å². The van der Waals surface area contributed by atoms with Gasteiger partial charge in [0, 0.05) is 26.2 Å². The summed E-state index contributed by atoms with van der Waals surface area (Å²) in [6, 6.07) is 4.86. The first-order valence-corrected chi connectivity index (χ1v) is 5.75. The van der Waals surface area contributed by atoms with Crippen LogP contribution in [-0.4, -0.2) is 36.3 Å². The van der Waals surface area contributed by atoms with Gasteiger partial charge in [-0.05, 0) is 31.5 Å². The fraction of sp³-hybridized carbons (Fsp3) is 0.538. The fourth-order valence-electron chi connectivity index (χ4n) is 1.61. The number of hydrogen-bond donors (Lipinski definition) is 1. The lowest BCUT2D eigenvalue weighted by atomic mass is 10.1. The summed E-state index contributed by atoms with van der Waals surface area (Å²) >= 11 is 0. The molecule has 0 amide bonds. The summed E-state index contributed by atoms with van der Waals surface area (Å²) in [5.74, 6) is -0.875. The van der Waals surface area contributed by atoms with Gasteiger partial charge in [-0.25, -0.2) is 4.39 Å². The molecule has 96 valence electrons. The molecule has 0 aromatic heterocycles. The molecule has 1 aromatic carbocycles. The Morgan fingerprint density at radius 2 is 2.12 bits per heavy atom. The van der Waals surface area contributed by atoms with Crippen LogP contribution in [0.1, 0.15) is 19.4 Å². The van der Waals surface area contributed by atoms with Gasteiger partial charge in [0.05, 0.1) is 6.61 Å². The molecule has 0 aliphatic carbocycles. The number of ether oxygens (including phenoxy) is 1. The average Bonchev–Trinajstić information content (AvgIpc) is 2.28. The lowest BCUT2D eigenvalue weighted by molar-refractivity contribution is 0.125. The summed E-state index contributed by atoms with van der Waals surface area (Å²) < 4.78 is 18.2. The first kappa shape index (κ1) is 13.9. The summed E-state index contributed by atoms with van der Waals surface area (Å²) in [6.07, 6.45) is 0. The maximum atomic E-state index is 13.2. The summed E-state index contributed by atoms with van der Waals surface area (Å²) in [5, 5.41) is 9.12. The van der Waals surface area contributed by atoms with Crippen molar-refractivity contribution in [3.8, 4) is 5.75 Å². The number of methoxy groups -OCH3 is 1. The predicted octanol–water partition coefficient (Wildman–Crippen LogP) is 2.39. The summed E-state index contributed by atoms with van der Waals surface area (Å²) in [5.41, 5.74) is 0.852. The molecule has 0 aliphatic rings. The van der Waals surface area contributed by atoms with Gasteiger partial charge in [-0.15, -0.1) is 0 Å². The Morgan fingerprint density at radius 3 is 2.65 bits per heavy atom. The molecule has 0 saturated carbocycles. The molecule has 0 saturated heterocycles. The number of rotatable bonds is 6. The maximum absolute atomic E-state index is 13.2. The zero-order valence-corrected chi connectivity index (χ0v) is 10.6. The van der Waals surface area contributed by atoms with Crippen molar-refractivity contribution < 1.29 is 14.2 Å². The van der Waals surface area contributed by atoms with Crippen molar-refractivity contribution in [2.24, 2.45) is 0 Å². The van der Waals surface area contributed by atoms with Gasteiger partial charge >= 0.3 is 0 Å². The van der Waals surface area contributed by atoms with Gasteiger partial charge < -0.3 is 9.84 Å². The van der Waals surface area contributed by atoms with Crippen LogP contribution in [0.3, 0.4) is 0 Å². The summed E-state index contributed by atoms with van der Waals surface area (Å²) in [6.45, 7) is 6.28. The smallest absolute Gasteiger partial charge is 0.165 e. The number of nitrogens with zero attached hydrogens (tertiary/aromatic N) is 1. The molecular weight excluding hydrogens is 221 g/mol. The molecule has 3 nitrogen and oxygen atoms in total. The largest absolute Gasteiger partial charge is 0.505 e. The van der Waals surface area contributed by atoms with E-state index in [1.165, 1.54) is 12.1 Å². The standard InChI is InChI=1S/C13H20FNO2/c1-10(2)15(6-7-17-3)9-11-4-5-13(16)12(14)8-11/h4-5,8,10,16H,6-7,9H2,1-3H3. The quantitative estimate of drug-likeness (QED) is 0.830. The van der Waals surface area contributed by atoms with Crippen LogP contribution in [0.2, 0.25) is 0 Å². The SMILES string of the molecule is COCCN(Cc1ccc(O)c(F)c1)C(C)C. The lowest BCUT2D eigenvalue weighted by Crippen LogP contribution is -2.33. The number of benzene rings is 1. The summed E-state index contributed by atoms with van der Waals surface area (Å²) in [4.78, 5) is 2.19. The Kier molecular flexibility index (Phi) is 5.38. The number of phenols is 1. The summed E-state index contributed by atoms with van der Waals surface area (Å²) in [7, 11) is 1.67. The van der Waals surface area contributed by atoms with Crippen LogP contribution in [0.4, 0.5) is 4.39 Å². The Balaban J connectivity index is 2.68. The number of phenolic OH excluding ortho intramolecular Hbond substituents is 1. The minimum Gasteiger partial charge on any atom is -0.505 e. The molecule has 0 aliphatic heterocycles. The third kappa shape index (κ3) is 4.32. The molecule has 17 heavy (non-hydrogen) atoms. The highest BCUT2D eigenvalue weighted by Crippen LogP contribution is 2.17. The molecule has 4 heteroatoms. The van der Waals surface area contributed by atoms with Gasteiger partial charge in [-0.1, -0.05) is 6.07 Å². The lowest BCUT2D eigenvalue weighted by Gasteiger charge is -2.26. The Labute approximate surface area is 102 Å². The molecular formula is C13H20FNO2. The highest BCUT2D eigenvalue weighted by Gasteiger charge is 2.11. The molecule has 0 radical (unpaired) electrons. The zero-order chi connectivity index (χ0) is 12.8. The molecule has 0 bridgehead atoms. The first-order valence-electron chi connectivity index (χ1n) is 5.75. The molecule has 1 rings (SSSR count). The number of aromatic hydroxyl groups is 1. The third-order valence-corrected chi connectivity index (χ3v) is 2.71. The molecule has 1 N–H and O–H groups in total. The zero-order valence-electron chi connectivity index (χ0n) is 10.6. The van der Waals surface area contributed by atoms with Crippen LogP contribution in [0, 0.1) is 5.82 Å². The van der Waals surface area contributed by atoms with E-state index in [9.17, 15) is 4.39 Å². The third-order valence-electron chi connectivity index (χ3n) is 2.71. The van der Waals surface area contributed by atoms with Crippen LogP contribution in [0.5, 0.6) is 5.75 Å². The van der Waals surface area contributed by atoms with Gasteiger partial charge in [0.25, 0.3) is 0 Å². The van der Waals surface area contributed by atoms with Crippen molar-refractivity contribution in [1.82, 2.24) is 4.90 Å². The van der Waals surface area contributed by atoms with Crippen LogP contribution in [0.25, 0.3) is 0 Å². The van der Waals surface area contributed by atoms with Gasteiger partial charge in [0.15, 0.2) is 11.6 Å². The Hall–Kier alpha value is -1.13. The van der Waals surface area contributed by atoms with Crippen LogP contribution in [-0.2, 0) is 11.3 Å². The van der Waals surface area contributed by atoms with E-state index in [0.29, 0.717) is 19.2 Å². The highest BCUT2D eigenvalue weighted by molar-refractivity contribution is 5.27. The normalized spacial score (nSPS) is 11.4. The molecule has 0 atom stereocenters. The second kappa shape index (κ2) is 6.57. The van der Waals surface area contributed by atoms with E-state index in [1.54, 1.807) is 13.2 Å². The molecule has 0 spiro atoms. The minimum atomic E-state index is -0.571. The van der Waals surface area contributed by atoms with E-state index in [0.717, 1.165) is 12.1 Å². The molecule has 0 unspecified atom stereocenters. The minimum absolute atomic E-state index is 0.304. The van der Waals surface area contributed by atoms with Gasteiger partial charge in [-0.2, -0.15) is 0 Å². The van der Waals surface area contributed by atoms with Gasteiger partial charge in [0.1, 0.15) is 0 Å². The van der Waals surface area contributed by atoms with Crippen LogP contribution >= 0.6 is 0 Å². The highest BCUT2D eigenvalue weighted by atomic mass is 19.1. The topological polar surface area (TPSA) is 32.7 Å². The number of halogens is 1. The van der Waals surface area contributed by atoms with E-state index >= 15 is 0 Å². The second-order valence-electron chi connectivity index (χ2n) is 4.34. The monoisotopic (exact) mass is 241 g/mol. The van der Waals surface area contributed by atoms with Crippen molar-refractivity contribution in [3.05, 3.63) is 29.6 Å². The first-order chi connectivity index (χ1) is 8.04. The predicted molar refractivity (Wildman–Crippen MR) is 65.5 cm³/mol. The van der Waals surface area contributed by atoms with Crippen LogP contribution in [0.15, 0.2) is 18.2 Å². The average molecular weight is 241 g/mol. The molecule has 0 heterocycles. The van der Waals surface area contributed by atoms with E-state index in [-0.39, 0.29) is 5.75 Å².